The monoisotopic (exact) mass is 461 g/mol. The van der Waals surface area contributed by atoms with Crippen LogP contribution in [0.4, 0.5) is 5.69 Å². The first-order valence-corrected chi connectivity index (χ1v) is 11.2. The topological polar surface area (TPSA) is 84.1 Å². The van der Waals surface area contributed by atoms with E-state index in [1.807, 2.05) is 36.4 Å². The molecule has 2 aromatic carbocycles. The summed E-state index contributed by atoms with van der Waals surface area (Å²) in [5, 5.41) is 4.52. The number of H-pyrrole nitrogens is 1. The highest BCUT2D eigenvalue weighted by molar-refractivity contribution is 6.31. The van der Waals surface area contributed by atoms with Crippen LogP contribution in [0.15, 0.2) is 66.9 Å². The summed E-state index contributed by atoms with van der Waals surface area (Å²) in [7, 11) is 0. The largest absolute Gasteiger partial charge is 0.462 e. The van der Waals surface area contributed by atoms with Gasteiger partial charge in [-0.2, -0.15) is 0 Å². The Morgan fingerprint density at radius 3 is 2.70 bits per heavy atom. The molecule has 168 valence electrons. The minimum atomic E-state index is -0.455. The molecule has 7 heteroatoms. The molecule has 0 fully saturated rings. The molecule has 4 rings (SSSR count). The quantitative estimate of drug-likeness (QED) is 0.314. The second-order valence-electron chi connectivity index (χ2n) is 7.55. The number of nitrogens with one attached hydrogen (secondary N) is 2. The van der Waals surface area contributed by atoms with Gasteiger partial charge in [-0.1, -0.05) is 29.8 Å². The molecule has 0 aliphatic rings. The molecule has 2 aromatic heterocycles. The summed E-state index contributed by atoms with van der Waals surface area (Å²) in [4.78, 5) is 32.7. The SMILES string of the molecule is CCOC(=O)c1ccccc1NC(=O)CCCc1c(-c2ccccn2)[nH]c2ccc(Cl)cc12. The number of nitrogens with zero attached hydrogens (tertiary/aromatic N) is 1. The number of carbonyl (C=O) groups excluding carboxylic acids is 2. The molecule has 0 bridgehead atoms. The Morgan fingerprint density at radius 1 is 1.09 bits per heavy atom. The minimum absolute atomic E-state index is 0.163. The van der Waals surface area contributed by atoms with E-state index in [1.165, 1.54) is 0 Å². The predicted molar refractivity (Wildman–Crippen MR) is 131 cm³/mol. The van der Waals surface area contributed by atoms with Crippen molar-refractivity contribution in [2.45, 2.75) is 26.2 Å². The zero-order valence-corrected chi connectivity index (χ0v) is 19.0. The smallest absolute Gasteiger partial charge is 0.340 e. The van der Waals surface area contributed by atoms with Crippen LogP contribution in [0.2, 0.25) is 5.02 Å². The number of aromatic amines is 1. The second kappa shape index (κ2) is 10.3. The number of anilines is 1. The summed E-state index contributed by atoms with van der Waals surface area (Å²) < 4.78 is 5.08. The number of aryl methyl sites for hydroxylation is 1. The van der Waals surface area contributed by atoms with Crippen LogP contribution in [0.1, 0.15) is 35.7 Å². The van der Waals surface area contributed by atoms with E-state index >= 15 is 0 Å². The van der Waals surface area contributed by atoms with E-state index in [2.05, 4.69) is 15.3 Å². The van der Waals surface area contributed by atoms with Gasteiger partial charge in [-0.15, -0.1) is 0 Å². The van der Waals surface area contributed by atoms with Crippen molar-refractivity contribution in [3.05, 3.63) is 83.0 Å². The molecule has 6 nitrogen and oxygen atoms in total. The molecule has 0 atom stereocenters. The number of esters is 1. The van der Waals surface area contributed by atoms with Crippen LogP contribution in [-0.2, 0) is 16.0 Å². The third-order valence-electron chi connectivity index (χ3n) is 5.32. The molecule has 0 saturated carbocycles. The third kappa shape index (κ3) is 5.23. The van der Waals surface area contributed by atoms with Crippen molar-refractivity contribution in [1.29, 1.82) is 0 Å². The number of amides is 1. The van der Waals surface area contributed by atoms with Gasteiger partial charge >= 0.3 is 5.97 Å². The summed E-state index contributed by atoms with van der Waals surface area (Å²) in [6.07, 6.45) is 3.34. The number of pyridine rings is 1. The van der Waals surface area contributed by atoms with Gasteiger partial charge in [0.15, 0.2) is 0 Å². The number of fused-ring (bicyclic) bond motifs is 1. The van der Waals surface area contributed by atoms with Crippen molar-refractivity contribution in [2.75, 3.05) is 11.9 Å². The van der Waals surface area contributed by atoms with E-state index < -0.39 is 5.97 Å². The van der Waals surface area contributed by atoms with Gasteiger partial charge in [-0.05, 0) is 67.8 Å². The van der Waals surface area contributed by atoms with Crippen LogP contribution in [-0.4, -0.2) is 28.5 Å². The van der Waals surface area contributed by atoms with Gasteiger partial charge in [-0.3, -0.25) is 9.78 Å². The zero-order chi connectivity index (χ0) is 23.2. The highest BCUT2D eigenvalue weighted by Gasteiger charge is 2.16. The average molecular weight is 462 g/mol. The number of para-hydroxylation sites is 1. The summed E-state index contributed by atoms with van der Waals surface area (Å²) >= 11 is 6.25. The lowest BCUT2D eigenvalue weighted by molar-refractivity contribution is -0.116. The second-order valence-corrected chi connectivity index (χ2v) is 7.99. The Hall–Kier alpha value is -3.64. The Balaban J connectivity index is 1.49. The molecule has 33 heavy (non-hydrogen) atoms. The molecular weight excluding hydrogens is 438 g/mol. The molecule has 2 N–H and O–H groups in total. The number of carbonyl (C=O) groups is 2. The molecule has 1 amide bonds. The van der Waals surface area contributed by atoms with Crippen molar-refractivity contribution < 1.29 is 14.3 Å². The van der Waals surface area contributed by atoms with Crippen LogP contribution >= 0.6 is 11.6 Å². The van der Waals surface area contributed by atoms with Crippen molar-refractivity contribution >= 4 is 40.1 Å². The number of hydrogen-bond donors (Lipinski definition) is 2. The maximum Gasteiger partial charge on any atom is 0.340 e. The number of hydrogen-bond acceptors (Lipinski definition) is 4. The molecule has 0 spiro atoms. The first-order valence-electron chi connectivity index (χ1n) is 10.8. The predicted octanol–water partition coefficient (Wildman–Crippen LogP) is 6.02. The van der Waals surface area contributed by atoms with Gasteiger partial charge in [0.05, 0.1) is 29.2 Å². The van der Waals surface area contributed by atoms with Gasteiger partial charge < -0.3 is 15.0 Å². The molecule has 2 heterocycles. The van der Waals surface area contributed by atoms with Crippen LogP contribution in [0.3, 0.4) is 0 Å². The van der Waals surface area contributed by atoms with Crippen molar-refractivity contribution in [2.24, 2.45) is 0 Å². The first kappa shape index (κ1) is 22.6. The molecule has 0 aliphatic heterocycles. The fourth-order valence-electron chi connectivity index (χ4n) is 3.83. The van der Waals surface area contributed by atoms with E-state index in [0.717, 1.165) is 27.9 Å². The molecule has 4 aromatic rings. The van der Waals surface area contributed by atoms with Crippen LogP contribution in [0.25, 0.3) is 22.3 Å². The van der Waals surface area contributed by atoms with E-state index in [9.17, 15) is 9.59 Å². The number of halogens is 1. The summed E-state index contributed by atoms with van der Waals surface area (Å²) in [6.45, 7) is 2.02. The molecule has 0 saturated heterocycles. The third-order valence-corrected chi connectivity index (χ3v) is 5.55. The van der Waals surface area contributed by atoms with Crippen LogP contribution in [0, 0.1) is 0 Å². The lowest BCUT2D eigenvalue weighted by atomic mass is 10.0. The zero-order valence-electron chi connectivity index (χ0n) is 18.2. The average Bonchev–Trinajstić information content (AvgIpc) is 3.18. The maximum atomic E-state index is 12.6. The van der Waals surface area contributed by atoms with Gasteiger partial charge in [0, 0.05) is 28.5 Å². The van der Waals surface area contributed by atoms with E-state index in [1.54, 1.807) is 37.4 Å². The van der Waals surface area contributed by atoms with E-state index in [0.29, 0.717) is 35.5 Å². The Bertz CT molecular complexity index is 1280. The van der Waals surface area contributed by atoms with E-state index in [4.69, 9.17) is 16.3 Å². The van der Waals surface area contributed by atoms with Gasteiger partial charge in [0.2, 0.25) is 5.91 Å². The lowest BCUT2D eigenvalue weighted by Crippen LogP contribution is -2.15. The Morgan fingerprint density at radius 2 is 1.91 bits per heavy atom. The molecule has 0 aliphatic carbocycles. The molecule has 0 unspecified atom stereocenters. The van der Waals surface area contributed by atoms with E-state index in [-0.39, 0.29) is 12.5 Å². The maximum absolute atomic E-state index is 12.6. The first-order chi connectivity index (χ1) is 16.1. The van der Waals surface area contributed by atoms with Crippen LogP contribution in [0.5, 0.6) is 0 Å². The minimum Gasteiger partial charge on any atom is -0.462 e. The lowest BCUT2D eigenvalue weighted by Gasteiger charge is -2.10. The fraction of sp³-hybridized carbons (Fsp3) is 0.192. The number of aromatic nitrogens is 2. The summed E-state index contributed by atoms with van der Waals surface area (Å²) in [6, 6.07) is 18.4. The standard InChI is InChI=1S/C26H24ClN3O3/c1-2-33-26(32)19-8-3-4-10-21(19)29-24(31)12-7-9-18-20-16-17(27)13-14-22(20)30-25(18)23-11-5-6-15-28-23/h3-6,8,10-11,13-16,30H,2,7,9,12H2,1H3,(H,29,31). The van der Waals surface area contributed by atoms with Gasteiger partial charge in [0.25, 0.3) is 0 Å². The van der Waals surface area contributed by atoms with Gasteiger partial charge in [-0.25, -0.2) is 4.79 Å². The highest BCUT2D eigenvalue weighted by Crippen LogP contribution is 2.32. The Kier molecular flexibility index (Phi) is 7.05. The number of benzene rings is 2. The Labute approximate surface area is 197 Å². The van der Waals surface area contributed by atoms with Gasteiger partial charge in [0.1, 0.15) is 0 Å². The highest BCUT2D eigenvalue weighted by atomic mass is 35.5. The fourth-order valence-corrected chi connectivity index (χ4v) is 4.00. The molecular formula is C26H24ClN3O3. The van der Waals surface area contributed by atoms with Crippen molar-refractivity contribution in [1.82, 2.24) is 9.97 Å². The van der Waals surface area contributed by atoms with Crippen LogP contribution < -0.4 is 5.32 Å². The summed E-state index contributed by atoms with van der Waals surface area (Å²) in [5.41, 5.74) is 4.62. The van der Waals surface area contributed by atoms with Crippen molar-refractivity contribution in [3.63, 3.8) is 0 Å². The molecule has 0 radical (unpaired) electrons. The summed E-state index contributed by atoms with van der Waals surface area (Å²) in [5.74, 6) is -0.618. The normalized spacial score (nSPS) is 10.8. The van der Waals surface area contributed by atoms with Crippen molar-refractivity contribution in [3.8, 4) is 11.4 Å². The number of ether oxygens (including phenoxy) is 1. The number of rotatable bonds is 8.